The highest BCUT2D eigenvalue weighted by Crippen LogP contribution is 2.51. The number of carbonyl (C=O) groups is 1. The number of hydrogen-bond donors (Lipinski definition) is 2. The molecule has 0 radical (unpaired) electrons. The standard InChI is InChI=1S/C30H32N2O6S/c1-20-5-9-23(31-29(34)30(13-14-30)22-8-12-27-28(16-22)38-19-37-27)17-26(20)21-6-10-25(11-7-21)39(35,36)32-15-3-2-4-24(32)18-33/h5-12,16-17,24,33H,2-4,13-15,18-19H2,1H3,(H,31,34). The van der Waals surface area contributed by atoms with E-state index in [1.54, 1.807) is 24.3 Å². The van der Waals surface area contributed by atoms with Crippen molar-refractivity contribution in [1.82, 2.24) is 4.31 Å². The lowest BCUT2D eigenvalue weighted by Gasteiger charge is -2.33. The van der Waals surface area contributed by atoms with Crippen LogP contribution in [0.3, 0.4) is 0 Å². The highest BCUT2D eigenvalue weighted by molar-refractivity contribution is 7.89. The van der Waals surface area contributed by atoms with E-state index in [1.165, 1.54) is 4.31 Å². The number of nitrogens with one attached hydrogen (secondary N) is 1. The fourth-order valence-corrected chi connectivity index (χ4v) is 7.33. The molecular formula is C30H32N2O6S. The van der Waals surface area contributed by atoms with Crippen LogP contribution in [0, 0.1) is 6.92 Å². The number of ether oxygens (including phenoxy) is 2. The molecule has 2 heterocycles. The number of aryl methyl sites for hydroxylation is 1. The molecular weight excluding hydrogens is 516 g/mol. The van der Waals surface area contributed by atoms with Crippen LogP contribution in [0.4, 0.5) is 5.69 Å². The summed E-state index contributed by atoms with van der Waals surface area (Å²) in [4.78, 5) is 13.6. The summed E-state index contributed by atoms with van der Waals surface area (Å²) in [5.41, 5.74) is 3.81. The van der Waals surface area contributed by atoms with Gasteiger partial charge in [0, 0.05) is 18.3 Å². The van der Waals surface area contributed by atoms with Crippen molar-refractivity contribution in [3.63, 3.8) is 0 Å². The van der Waals surface area contributed by atoms with Gasteiger partial charge >= 0.3 is 0 Å². The molecule has 2 aliphatic heterocycles. The first kappa shape index (κ1) is 25.9. The van der Waals surface area contributed by atoms with Gasteiger partial charge < -0.3 is 19.9 Å². The zero-order valence-electron chi connectivity index (χ0n) is 21.9. The van der Waals surface area contributed by atoms with Gasteiger partial charge in [-0.25, -0.2) is 8.42 Å². The molecule has 1 amide bonds. The van der Waals surface area contributed by atoms with Crippen LogP contribution in [-0.2, 0) is 20.2 Å². The average Bonchev–Trinajstić information content (AvgIpc) is 3.64. The van der Waals surface area contributed by atoms with Crippen LogP contribution < -0.4 is 14.8 Å². The van der Waals surface area contributed by atoms with Crippen molar-refractivity contribution in [1.29, 1.82) is 0 Å². The third-order valence-corrected chi connectivity index (χ3v) is 10.1. The second-order valence-corrected chi connectivity index (χ2v) is 12.5. The quantitative estimate of drug-likeness (QED) is 0.447. The monoisotopic (exact) mass is 548 g/mol. The van der Waals surface area contributed by atoms with E-state index in [9.17, 15) is 18.3 Å². The van der Waals surface area contributed by atoms with Gasteiger partial charge in [0.1, 0.15) is 0 Å². The molecule has 0 aromatic heterocycles. The summed E-state index contributed by atoms with van der Waals surface area (Å²) in [6.45, 7) is 2.42. The van der Waals surface area contributed by atoms with Gasteiger partial charge in [-0.15, -0.1) is 0 Å². The molecule has 3 aromatic rings. The molecule has 3 aliphatic rings. The molecule has 3 aromatic carbocycles. The van der Waals surface area contributed by atoms with E-state index in [-0.39, 0.29) is 30.2 Å². The van der Waals surface area contributed by atoms with Crippen LogP contribution in [-0.4, -0.2) is 49.7 Å². The molecule has 2 fully saturated rings. The summed E-state index contributed by atoms with van der Waals surface area (Å²) in [6, 6.07) is 17.9. The number of fused-ring (bicyclic) bond motifs is 1. The summed E-state index contributed by atoms with van der Waals surface area (Å²) < 4.78 is 38.9. The normalized spacial score (nSPS) is 20.0. The highest BCUT2D eigenvalue weighted by atomic mass is 32.2. The predicted octanol–water partition coefficient (Wildman–Crippen LogP) is 4.60. The number of aliphatic hydroxyl groups excluding tert-OH is 1. The molecule has 8 nitrogen and oxygen atoms in total. The minimum absolute atomic E-state index is 0.0578. The van der Waals surface area contributed by atoms with Gasteiger partial charge in [-0.3, -0.25) is 4.79 Å². The summed E-state index contributed by atoms with van der Waals surface area (Å²) in [5.74, 6) is 1.31. The zero-order valence-corrected chi connectivity index (χ0v) is 22.7. The van der Waals surface area contributed by atoms with Crippen LogP contribution in [0.5, 0.6) is 11.5 Å². The number of rotatable bonds is 7. The van der Waals surface area contributed by atoms with Crippen molar-refractivity contribution in [2.75, 3.05) is 25.3 Å². The van der Waals surface area contributed by atoms with Gasteiger partial charge in [-0.2, -0.15) is 4.31 Å². The fraction of sp³-hybridized carbons (Fsp3) is 0.367. The van der Waals surface area contributed by atoms with E-state index < -0.39 is 15.4 Å². The molecule has 1 saturated carbocycles. The number of hydrogen-bond acceptors (Lipinski definition) is 6. The van der Waals surface area contributed by atoms with Gasteiger partial charge in [-0.05, 0) is 91.3 Å². The Morgan fingerprint density at radius 2 is 1.79 bits per heavy atom. The first-order valence-electron chi connectivity index (χ1n) is 13.4. The zero-order chi connectivity index (χ0) is 27.2. The Morgan fingerprint density at radius 3 is 2.54 bits per heavy atom. The van der Waals surface area contributed by atoms with Gasteiger partial charge in [-0.1, -0.05) is 30.7 Å². The number of nitrogens with zero attached hydrogens (tertiary/aromatic N) is 1. The number of sulfonamides is 1. The highest BCUT2D eigenvalue weighted by Gasteiger charge is 2.51. The summed E-state index contributed by atoms with van der Waals surface area (Å²) in [5, 5.41) is 12.8. The molecule has 1 aliphatic carbocycles. The molecule has 1 atom stereocenters. The minimum Gasteiger partial charge on any atom is -0.454 e. The van der Waals surface area contributed by atoms with Gasteiger partial charge in [0.05, 0.1) is 16.9 Å². The van der Waals surface area contributed by atoms with E-state index in [4.69, 9.17) is 9.47 Å². The summed E-state index contributed by atoms with van der Waals surface area (Å²) in [6.07, 6.45) is 3.91. The van der Waals surface area contributed by atoms with Crippen LogP contribution >= 0.6 is 0 Å². The van der Waals surface area contributed by atoms with Crippen LogP contribution in [0.1, 0.15) is 43.2 Å². The fourth-order valence-electron chi connectivity index (χ4n) is 5.64. The van der Waals surface area contributed by atoms with E-state index in [1.807, 2.05) is 43.3 Å². The number of anilines is 1. The maximum absolute atomic E-state index is 13.4. The maximum atomic E-state index is 13.4. The predicted molar refractivity (Wildman–Crippen MR) is 147 cm³/mol. The summed E-state index contributed by atoms with van der Waals surface area (Å²) in [7, 11) is -3.70. The Balaban J connectivity index is 1.22. The average molecular weight is 549 g/mol. The lowest BCUT2D eigenvalue weighted by atomic mass is 9.94. The third-order valence-electron chi connectivity index (χ3n) is 8.16. The number of piperidine rings is 1. The van der Waals surface area contributed by atoms with Crippen molar-refractivity contribution in [2.24, 2.45) is 0 Å². The SMILES string of the molecule is Cc1ccc(NC(=O)C2(c3ccc4c(c3)OCO4)CC2)cc1-c1ccc(S(=O)(=O)N2CCCCC2CO)cc1. The van der Waals surface area contributed by atoms with Crippen molar-refractivity contribution in [2.45, 2.75) is 55.4 Å². The molecule has 0 bridgehead atoms. The molecule has 39 heavy (non-hydrogen) atoms. The van der Waals surface area contributed by atoms with Crippen LogP contribution in [0.15, 0.2) is 65.6 Å². The molecule has 1 saturated heterocycles. The minimum atomic E-state index is -3.70. The van der Waals surface area contributed by atoms with Gasteiger partial charge in [0.2, 0.25) is 22.7 Å². The second kappa shape index (κ2) is 9.97. The van der Waals surface area contributed by atoms with E-state index in [0.717, 1.165) is 47.9 Å². The number of aliphatic hydroxyl groups is 1. The molecule has 204 valence electrons. The molecule has 0 spiro atoms. The molecule has 2 N–H and O–H groups in total. The lowest BCUT2D eigenvalue weighted by Crippen LogP contribution is -2.45. The molecule has 1 unspecified atom stereocenters. The van der Waals surface area contributed by atoms with Gasteiger partial charge in [0.15, 0.2) is 11.5 Å². The topological polar surface area (TPSA) is 105 Å². The molecule has 6 rings (SSSR count). The summed E-state index contributed by atoms with van der Waals surface area (Å²) >= 11 is 0. The molecule has 9 heteroatoms. The third kappa shape index (κ3) is 4.68. The number of carbonyl (C=O) groups excluding carboxylic acids is 1. The van der Waals surface area contributed by atoms with E-state index in [2.05, 4.69) is 5.32 Å². The van der Waals surface area contributed by atoms with Crippen molar-refractivity contribution >= 4 is 21.6 Å². The first-order chi connectivity index (χ1) is 18.8. The Hall–Kier alpha value is -3.40. The van der Waals surface area contributed by atoms with Crippen molar-refractivity contribution in [3.8, 4) is 22.6 Å². The Morgan fingerprint density at radius 1 is 1.03 bits per heavy atom. The van der Waals surface area contributed by atoms with E-state index >= 15 is 0 Å². The Kier molecular flexibility index (Phi) is 6.61. The smallest absolute Gasteiger partial charge is 0.243 e. The second-order valence-electron chi connectivity index (χ2n) is 10.6. The number of benzene rings is 3. The number of amides is 1. The lowest BCUT2D eigenvalue weighted by molar-refractivity contribution is -0.118. The van der Waals surface area contributed by atoms with Crippen LogP contribution in [0.25, 0.3) is 11.1 Å². The van der Waals surface area contributed by atoms with Crippen molar-refractivity contribution in [3.05, 3.63) is 71.8 Å². The Labute approximate surface area is 228 Å². The maximum Gasteiger partial charge on any atom is 0.243 e. The Bertz CT molecular complexity index is 1510. The largest absolute Gasteiger partial charge is 0.454 e. The van der Waals surface area contributed by atoms with Crippen LogP contribution in [0.2, 0.25) is 0 Å². The van der Waals surface area contributed by atoms with Crippen molar-refractivity contribution < 1.29 is 27.8 Å². The van der Waals surface area contributed by atoms with E-state index in [0.29, 0.717) is 30.2 Å². The van der Waals surface area contributed by atoms with Gasteiger partial charge in [0.25, 0.3) is 0 Å². The first-order valence-corrected chi connectivity index (χ1v) is 14.8.